The highest BCUT2D eigenvalue weighted by atomic mass is 19.1. The molecule has 1 amide bonds. The molecule has 5 nitrogen and oxygen atoms in total. The molecule has 0 N–H and O–H groups in total. The molecule has 0 unspecified atom stereocenters. The third kappa shape index (κ3) is 2.73. The fraction of sp³-hybridized carbons (Fsp3) is 0.200. The topological polar surface area (TPSA) is 55.6 Å². The Labute approximate surface area is 150 Å². The van der Waals surface area contributed by atoms with Crippen molar-refractivity contribution in [3.8, 4) is 17.1 Å². The Balaban J connectivity index is 1.64. The Morgan fingerprint density at radius 1 is 1.27 bits per heavy atom. The van der Waals surface area contributed by atoms with Crippen molar-refractivity contribution in [2.45, 2.75) is 12.3 Å². The molecule has 132 valence electrons. The van der Waals surface area contributed by atoms with Crippen LogP contribution in [0.2, 0.25) is 0 Å². The van der Waals surface area contributed by atoms with Crippen LogP contribution in [0.3, 0.4) is 0 Å². The van der Waals surface area contributed by atoms with E-state index < -0.39 is 5.92 Å². The first-order valence-electron chi connectivity index (χ1n) is 8.31. The summed E-state index contributed by atoms with van der Waals surface area (Å²) in [6, 6.07) is 11.9. The van der Waals surface area contributed by atoms with Crippen molar-refractivity contribution in [1.29, 1.82) is 0 Å². The molecule has 0 radical (unpaired) electrons. The van der Waals surface area contributed by atoms with Gasteiger partial charge < -0.3 is 14.1 Å². The summed E-state index contributed by atoms with van der Waals surface area (Å²) in [5.74, 6) is 0.262. The molecule has 26 heavy (non-hydrogen) atoms. The zero-order valence-electron chi connectivity index (χ0n) is 14.2. The van der Waals surface area contributed by atoms with Gasteiger partial charge >= 0.3 is 0 Å². The lowest BCUT2D eigenvalue weighted by molar-refractivity contribution is -0.118. The number of rotatable bonds is 4. The number of benzene rings is 2. The van der Waals surface area contributed by atoms with Crippen LogP contribution in [0.5, 0.6) is 5.75 Å². The molecule has 1 fully saturated rings. The van der Waals surface area contributed by atoms with E-state index in [1.165, 1.54) is 12.5 Å². The molecule has 4 rings (SSSR count). The van der Waals surface area contributed by atoms with Gasteiger partial charge in [0, 0.05) is 23.9 Å². The minimum absolute atomic E-state index is 0.107. The van der Waals surface area contributed by atoms with E-state index >= 15 is 0 Å². The number of hydrogen-bond acceptors (Lipinski definition) is 4. The van der Waals surface area contributed by atoms with Gasteiger partial charge in [-0.05, 0) is 24.6 Å². The fourth-order valence-electron chi connectivity index (χ4n) is 3.38. The molecule has 3 aromatic rings. The van der Waals surface area contributed by atoms with Crippen LogP contribution in [0.4, 0.5) is 10.1 Å². The van der Waals surface area contributed by atoms with Crippen LogP contribution in [-0.4, -0.2) is 24.5 Å². The Morgan fingerprint density at radius 3 is 2.85 bits per heavy atom. The molecule has 2 heterocycles. The number of anilines is 1. The predicted octanol–water partition coefficient (Wildman–Crippen LogP) is 4.01. The number of carbonyl (C=O) groups excluding carboxylic acids is 1. The van der Waals surface area contributed by atoms with Gasteiger partial charge in [0.05, 0.1) is 24.8 Å². The van der Waals surface area contributed by atoms with Gasteiger partial charge in [-0.15, -0.1) is 0 Å². The standard InChI is InChI=1S/C20H17FN2O3/c1-25-18-10-13(6-7-16(18)19-11-22-12-26-19)23-9-8-15(20(23)24)14-4-2-3-5-17(14)21/h2-7,10-12,15H,8-9H2,1H3/t15-/m0/s1. The average Bonchev–Trinajstić information content (AvgIpc) is 3.32. The van der Waals surface area contributed by atoms with Crippen molar-refractivity contribution in [3.05, 3.63) is 66.4 Å². The number of amides is 1. The first-order chi connectivity index (χ1) is 12.7. The third-order valence-electron chi connectivity index (χ3n) is 4.68. The van der Waals surface area contributed by atoms with Crippen molar-refractivity contribution in [3.63, 3.8) is 0 Å². The second kappa shape index (κ2) is 6.63. The molecule has 0 bridgehead atoms. The number of carbonyl (C=O) groups is 1. The highest BCUT2D eigenvalue weighted by Gasteiger charge is 2.35. The first-order valence-corrected chi connectivity index (χ1v) is 8.31. The molecular weight excluding hydrogens is 335 g/mol. The molecule has 0 aliphatic carbocycles. The highest BCUT2D eigenvalue weighted by molar-refractivity contribution is 6.00. The van der Waals surface area contributed by atoms with E-state index in [0.717, 1.165) is 5.56 Å². The van der Waals surface area contributed by atoms with Crippen molar-refractivity contribution in [1.82, 2.24) is 4.98 Å². The van der Waals surface area contributed by atoms with E-state index in [-0.39, 0.29) is 11.7 Å². The molecule has 1 atom stereocenters. The first kappa shape index (κ1) is 16.3. The minimum Gasteiger partial charge on any atom is -0.496 e. The summed E-state index contributed by atoms with van der Waals surface area (Å²) in [6.07, 6.45) is 3.53. The van der Waals surface area contributed by atoms with Gasteiger partial charge in [-0.1, -0.05) is 18.2 Å². The molecule has 0 spiro atoms. The van der Waals surface area contributed by atoms with Crippen molar-refractivity contribution < 1.29 is 18.3 Å². The van der Waals surface area contributed by atoms with Crippen LogP contribution in [0.15, 0.2) is 59.5 Å². The predicted molar refractivity (Wildman–Crippen MR) is 94.6 cm³/mol. The Hall–Kier alpha value is -3.15. The van der Waals surface area contributed by atoms with Crippen LogP contribution in [0.1, 0.15) is 17.9 Å². The number of oxazole rings is 1. The van der Waals surface area contributed by atoms with Gasteiger partial charge in [-0.2, -0.15) is 0 Å². The lowest BCUT2D eigenvalue weighted by Crippen LogP contribution is -2.26. The maximum atomic E-state index is 14.1. The van der Waals surface area contributed by atoms with E-state index in [0.29, 0.717) is 35.7 Å². The number of nitrogens with zero attached hydrogens (tertiary/aromatic N) is 2. The van der Waals surface area contributed by atoms with Crippen LogP contribution in [0.25, 0.3) is 11.3 Å². The quantitative estimate of drug-likeness (QED) is 0.712. The lowest BCUT2D eigenvalue weighted by atomic mass is 9.97. The van der Waals surface area contributed by atoms with E-state index in [2.05, 4.69) is 4.98 Å². The second-order valence-corrected chi connectivity index (χ2v) is 6.10. The summed E-state index contributed by atoms with van der Waals surface area (Å²) in [6.45, 7) is 0.530. The summed E-state index contributed by atoms with van der Waals surface area (Å²) in [5, 5.41) is 0. The molecule has 1 aliphatic heterocycles. The minimum atomic E-state index is -0.462. The molecule has 1 aromatic heterocycles. The second-order valence-electron chi connectivity index (χ2n) is 6.10. The third-order valence-corrected chi connectivity index (χ3v) is 4.68. The Kier molecular flexibility index (Phi) is 4.16. The largest absolute Gasteiger partial charge is 0.496 e. The Morgan fingerprint density at radius 2 is 2.12 bits per heavy atom. The summed E-state index contributed by atoms with van der Waals surface area (Å²) >= 11 is 0. The van der Waals surface area contributed by atoms with E-state index in [9.17, 15) is 9.18 Å². The number of hydrogen-bond donors (Lipinski definition) is 0. The Bertz CT molecular complexity index is 940. The van der Waals surface area contributed by atoms with E-state index in [1.54, 1.807) is 42.5 Å². The number of ether oxygens (including phenoxy) is 1. The maximum Gasteiger partial charge on any atom is 0.234 e. The summed E-state index contributed by atoms with van der Waals surface area (Å²) < 4.78 is 24.8. The normalized spacial score (nSPS) is 16.9. The van der Waals surface area contributed by atoms with Gasteiger partial charge in [0.1, 0.15) is 11.6 Å². The molecule has 1 aliphatic rings. The number of aromatic nitrogens is 1. The van der Waals surface area contributed by atoms with Gasteiger partial charge in [0.15, 0.2) is 12.2 Å². The zero-order valence-corrected chi connectivity index (χ0v) is 14.2. The lowest BCUT2D eigenvalue weighted by Gasteiger charge is -2.19. The molecule has 0 saturated carbocycles. The van der Waals surface area contributed by atoms with Crippen LogP contribution in [0, 0.1) is 5.82 Å². The summed E-state index contributed by atoms with van der Waals surface area (Å²) in [4.78, 5) is 18.4. The average molecular weight is 352 g/mol. The van der Waals surface area contributed by atoms with Gasteiger partial charge in [0.25, 0.3) is 0 Å². The number of methoxy groups -OCH3 is 1. The van der Waals surface area contributed by atoms with Gasteiger partial charge in [-0.3, -0.25) is 4.79 Å². The van der Waals surface area contributed by atoms with Crippen LogP contribution < -0.4 is 9.64 Å². The summed E-state index contributed by atoms with van der Waals surface area (Å²) in [5.41, 5.74) is 1.92. The molecular formula is C20H17FN2O3. The summed E-state index contributed by atoms with van der Waals surface area (Å²) in [7, 11) is 1.56. The molecule has 6 heteroatoms. The molecule has 2 aromatic carbocycles. The maximum absolute atomic E-state index is 14.1. The number of halogens is 1. The van der Waals surface area contributed by atoms with Crippen molar-refractivity contribution in [2.24, 2.45) is 0 Å². The van der Waals surface area contributed by atoms with Crippen molar-refractivity contribution in [2.75, 3.05) is 18.6 Å². The highest BCUT2D eigenvalue weighted by Crippen LogP contribution is 2.37. The van der Waals surface area contributed by atoms with Gasteiger partial charge in [-0.25, -0.2) is 9.37 Å². The van der Waals surface area contributed by atoms with Crippen molar-refractivity contribution >= 4 is 11.6 Å². The smallest absolute Gasteiger partial charge is 0.234 e. The SMILES string of the molecule is COc1cc(N2CC[C@@H](c3ccccc3F)C2=O)ccc1-c1cnco1. The van der Waals surface area contributed by atoms with Crippen LogP contribution in [-0.2, 0) is 4.79 Å². The fourth-order valence-corrected chi connectivity index (χ4v) is 3.38. The van der Waals surface area contributed by atoms with E-state index in [4.69, 9.17) is 9.15 Å². The molecule has 1 saturated heterocycles. The monoisotopic (exact) mass is 352 g/mol. The van der Waals surface area contributed by atoms with Crippen LogP contribution >= 0.6 is 0 Å². The van der Waals surface area contributed by atoms with E-state index in [1.807, 2.05) is 12.1 Å². The zero-order chi connectivity index (χ0) is 18.1. The van der Waals surface area contributed by atoms with Gasteiger partial charge in [0.2, 0.25) is 5.91 Å².